The molecular weight excluding hydrogens is 219 g/mol. The zero-order valence-electron chi connectivity index (χ0n) is 6.25. The number of nitrogens with one attached hydrogen (secondary N) is 2. The Bertz CT molecular complexity index is 232. The third-order valence-corrected chi connectivity index (χ3v) is 8.53. The lowest BCUT2D eigenvalue weighted by molar-refractivity contribution is 1.24. The zero-order valence-corrected chi connectivity index (χ0v) is 8.94. The van der Waals surface area contributed by atoms with E-state index in [4.69, 9.17) is 33.0 Å². The van der Waals surface area contributed by atoms with Gasteiger partial charge in [-0.25, -0.2) is 0 Å². The monoisotopic (exact) mass is 233 g/mol. The van der Waals surface area contributed by atoms with Crippen LogP contribution in [0, 0.1) is 0 Å². The Labute approximate surface area is 71.3 Å². The van der Waals surface area contributed by atoms with Crippen molar-refractivity contribution in [2.45, 2.75) is 0 Å². The summed E-state index contributed by atoms with van der Waals surface area (Å²) in [5, 5.41) is 0. The maximum absolute atomic E-state index is 5.57. The summed E-state index contributed by atoms with van der Waals surface area (Å²) in [7, 11) is -7.91. The normalized spacial score (nSPS) is 30.8. The van der Waals surface area contributed by atoms with Crippen molar-refractivity contribution in [2.24, 2.45) is 37.5 Å². The molecule has 0 amide bonds. The minimum Gasteiger partial charge on any atom is -0.268 e. The summed E-state index contributed by atoms with van der Waals surface area (Å²) < 4.78 is 3.82. The van der Waals surface area contributed by atoms with Crippen molar-refractivity contribution < 1.29 is 0 Å². The van der Waals surface area contributed by atoms with Crippen LogP contribution in [0.15, 0.2) is 4.52 Å². The van der Waals surface area contributed by atoms with Crippen LogP contribution in [-0.4, -0.2) is 0 Å². The van der Waals surface area contributed by atoms with E-state index in [1.54, 1.807) is 0 Å². The third-order valence-electron chi connectivity index (χ3n) is 0.947. The smallest absolute Gasteiger partial charge is 0.268 e. The van der Waals surface area contributed by atoms with Crippen LogP contribution in [0.5, 0.6) is 0 Å². The van der Waals surface area contributed by atoms with Gasteiger partial charge in [0.1, 0.15) is 0 Å². The fourth-order valence-corrected chi connectivity index (χ4v) is 8.66. The molecule has 0 aromatic carbocycles. The first kappa shape index (κ1) is 10.8. The average molecular weight is 233 g/mol. The van der Waals surface area contributed by atoms with Gasteiger partial charge in [0.25, 0.3) is 0 Å². The van der Waals surface area contributed by atoms with E-state index in [0.29, 0.717) is 0 Å². The first-order valence-corrected chi connectivity index (χ1v) is 8.53. The highest BCUT2D eigenvalue weighted by atomic mass is 31.3. The molecule has 0 aromatic rings. The molecule has 0 bridgehead atoms. The summed E-state index contributed by atoms with van der Waals surface area (Å²) in [6, 6.07) is 0. The number of nitrogens with zero attached hydrogens (tertiary/aromatic N) is 1. The van der Waals surface area contributed by atoms with Gasteiger partial charge in [0, 0.05) is 4.86 Å². The van der Waals surface area contributed by atoms with E-state index in [1.807, 2.05) is 0 Å². The van der Waals surface area contributed by atoms with E-state index in [0.717, 1.165) is 0 Å². The molecule has 0 aromatic heterocycles. The van der Waals surface area contributed by atoms with Crippen molar-refractivity contribution in [3.8, 4) is 0 Å². The van der Waals surface area contributed by atoms with Crippen LogP contribution in [-0.2, 0) is 0 Å². The van der Waals surface area contributed by atoms with E-state index in [9.17, 15) is 0 Å². The van der Waals surface area contributed by atoms with Crippen molar-refractivity contribution in [2.75, 3.05) is 0 Å². The summed E-state index contributed by atoms with van der Waals surface area (Å²) in [6.07, 6.45) is 0. The predicted octanol–water partition coefficient (Wildman–Crippen LogP) is -1.77. The molecule has 0 saturated carbocycles. The van der Waals surface area contributed by atoms with Crippen molar-refractivity contribution in [3.05, 3.63) is 0 Å². The lowest BCUT2D eigenvalue weighted by Gasteiger charge is -2.27. The van der Waals surface area contributed by atoms with Gasteiger partial charge in [-0.15, -0.1) is 0 Å². The van der Waals surface area contributed by atoms with Gasteiger partial charge in [-0.2, -0.15) is 22.0 Å². The second-order valence-corrected chi connectivity index (χ2v) is 9.37. The molecule has 72 valence electrons. The van der Waals surface area contributed by atoms with E-state index in [2.05, 4.69) is 14.2 Å². The van der Waals surface area contributed by atoms with Gasteiger partial charge < -0.3 is 0 Å². The van der Waals surface area contributed by atoms with Gasteiger partial charge in [-0.1, -0.05) is 4.86 Å². The van der Waals surface area contributed by atoms with Crippen molar-refractivity contribution in [1.82, 2.24) is 9.72 Å². The highest BCUT2D eigenvalue weighted by Crippen LogP contribution is 2.62. The van der Waals surface area contributed by atoms with Gasteiger partial charge in [0.05, 0.1) is 0 Å². The first-order valence-electron chi connectivity index (χ1n) is 2.84. The van der Waals surface area contributed by atoms with Gasteiger partial charge in [-0.3, -0.25) is 11.0 Å². The Morgan fingerprint density at radius 3 is 1.92 bits per heavy atom. The van der Waals surface area contributed by atoms with Crippen LogP contribution in [0.25, 0.3) is 0 Å². The van der Waals surface area contributed by atoms with Gasteiger partial charge in [0.2, 0.25) is 7.51 Å². The lowest BCUT2D eigenvalue weighted by Crippen LogP contribution is -2.46. The maximum atomic E-state index is 5.57. The van der Waals surface area contributed by atoms with Crippen LogP contribution in [0.3, 0.4) is 0 Å². The van der Waals surface area contributed by atoms with Crippen LogP contribution >= 0.6 is 23.2 Å². The van der Waals surface area contributed by atoms with Crippen molar-refractivity contribution in [1.29, 1.82) is 0 Å². The number of hydrogen-bond donors (Lipinski definition) is 8. The summed E-state index contributed by atoms with van der Waals surface area (Å²) in [5.74, 6) is 0. The van der Waals surface area contributed by atoms with Crippen LogP contribution < -0.4 is 42.7 Å². The Balaban J connectivity index is 3.03. The van der Waals surface area contributed by atoms with E-state index < -0.39 is 23.2 Å². The Morgan fingerprint density at radius 1 is 1.08 bits per heavy atom. The van der Waals surface area contributed by atoms with E-state index in [1.165, 1.54) is 0 Å². The van der Waals surface area contributed by atoms with Crippen molar-refractivity contribution >= 4 is 23.2 Å². The summed E-state index contributed by atoms with van der Waals surface area (Å²) in [6.45, 7) is 0. The molecule has 12 heavy (non-hydrogen) atoms. The topological polar surface area (TPSA) is 193 Å². The molecule has 1 aliphatic heterocycles. The minimum atomic E-state index is -2.67. The summed E-state index contributed by atoms with van der Waals surface area (Å²) in [5.41, 5.74) is 33.3. The molecule has 0 atom stereocenters. The summed E-state index contributed by atoms with van der Waals surface area (Å²) >= 11 is 0. The molecule has 0 radical (unpaired) electrons. The molecule has 9 nitrogen and oxygen atoms in total. The number of rotatable bonds is 0. The molecule has 14 N–H and O–H groups in total. The molecule has 1 heterocycles. The molecule has 0 fully saturated rings. The molecule has 1 rings (SSSR count). The predicted molar refractivity (Wildman–Crippen MR) is 54.6 cm³/mol. The van der Waals surface area contributed by atoms with Gasteiger partial charge in [-0.05, 0) is 4.52 Å². The van der Waals surface area contributed by atoms with Crippen molar-refractivity contribution in [3.63, 3.8) is 0 Å². The molecule has 0 spiro atoms. The molecule has 0 unspecified atom stereocenters. The highest BCUT2D eigenvalue weighted by Gasteiger charge is 2.53. The average Bonchev–Trinajstić information content (AvgIpc) is 1.44. The molecule has 0 aliphatic carbocycles. The molecule has 0 saturated heterocycles. The van der Waals surface area contributed by atoms with Crippen LogP contribution in [0.4, 0.5) is 0 Å². The second kappa shape index (κ2) is 2.88. The number of hydrogen-bond acceptors (Lipinski definition) is 9. The molecule has 1 aliphatic rings. The maximum Gasteiger partial charge on any atom is 0.381 e. The Morgan fingerprint density at radius 2 is 1.58 bits per heavy atom. The molecule has 12 heteroatoms. The molecular formula is H14N9P3+2. The Kier molecular flexibility index (Phi) is 2.60. The van der Waals surface area contributed by atoms with Crippen LogP contribution in [0.1, 0.15) is 0 Å². The lowest BCUT2D eigenvalue weighted by atomic mass is 13.7. The van der Waals surface area contributed by atoms with Gasteiger partial charge in [0.15, 0.2) is 0 Å². The second-order valence-electron chi connectivity index (χ2n) is 2.54. The highest BCUT2D eigenvalue weighted by molar-refractivity contribution is 7.92. The van der Waals surface area contributed by atoms with E-state index in [-0.39, 0.29) is 0 Å². The third kappa shape index (κ3) is 2.92. The Hall–Kier alpha value is 0.770. The van der Waals surface area contributed by atoms with Crippen LogP contribution in [0.2, 0.25) is 0 Å². The quantitative estimate of drug-likeness (QED) is 0.225. The standard InChI is InChI=1S/H14N9P3/c1-10(2)7-11(3,4)9-12(5,6)8-10/h7-8H,1-6H2/q+2. The largest absolute Gasteiger partial charge is 0.381 e. The zero-order chi connectivity index (χ0) is 9.62. The fourth-order valence-electron chi connectivity index (χ4n) is 0.837. The van der Waals surface area contributed by atoms with E-state index >= 15 is 0 Å². The number of nitrogens with two attached hydrogens (primary N) is 6. The minimum absolute atomic E-state index is 2.57. The fraction of sp³-hybridized carbons (Fsp3) is 0. The first-order chi connectivity index (χ1) is 5.12. The SMILES string of the molecule is NP1(N)=N[P+](N)(N)N[P+](N)(N)N1. The summed E-state index contributed by atoms with van der Waals surface area (Å²) in [4.78, 5) is 5.22. The van der Waals surface area contributed by atoms with Gasteiger partial charge >= 0.3 is 15.7 Å².